The van der Waals surface area contributed by atoms with Crippen molar-refractivity contribution in [1.82, 2.24) is 9.55 Å². The fourth-order valence-electron chi connectivity index (χ4n) is 3.90. The molecule has 5 rings (SSSR count). The smallest absolute Gasteiger partial charge is 0.341 e. The van der Waals surface area contributed by atoms with E-state index in [0.29, 0.717) is 39.0 Å². The molecule has 1 aromatic heterocycles. The molecule has 2 N–H and O–H groups in total. The van der Waals surface area contributed by atoms with Gasteiger partial charge >= 0.3 is 11.9 Å². The van der Waals surface area contributed by atoms with E-state index in [9.17, 15) is 14.7 Å². The molecule has 0 aliphatic carbocycles. The van der Waals surface area contributed by atoms with E-state index >= 15 is 0 Å². The lowest BCUT2D eigenvalue weighted by molar-refractivity contribution is -0.140. The molecule has 1 aliphatic heterocycles. The quantitative estimate of drug-likeness (QED) is 0.326. The number of halogens is 1. The van der Waals surface area contributed by atoms with Gasteiger partial charge in [0.1, 0.15) is 6.33 Å². The van der Waals surface area contributed by atoms with Crippen LogP contribution < -0.4 is 18.9 Å². The molecular weight excluding hydrogens is 504 g/mol. The number of imidazole rings is 1. The normalized spacial score (nSPS) is 11.8. The second-order valence-corrected chi connectivity index (χ2v) is 8.29. The molecule has 0 atom stereocenters. The van der Waals surface area contributed by atoms with Crippen LogP contribution in [0.2, 0.25) is 5.02 Å². The van der Waals surface area contributed by atoms with Gasteiger partial charge in [-0.2, -0.15) is 0 Å². The molecule has 0 fully saturated rings. The van der Waals surface area contributed by atoms with Gasteiger partial charge in [-0.05, 0) is 54.6 Å². The van der Waals surface area contributed by atoms with Gasteiger partial charge in [0.2, 0.25) is 6.79 Å². The summed E-state index contributed by atoms with van der Waals surface area (Å²) in [7, 11) is 0. The van der Waals surface area contributed by atoms with Gasteiger partial charge in [-0.1, -0.05) is 17.7 Å². The van der Waals surface area contributed by atoms with E-state index in [2.05, 4.69) is 4.98 Å². The minimum atomic E-state index is -1.21. The molecule has 0 amide bonds. The van der Waals surface area contributed by atoms with E-state index in [0.717, 1.165) is 5.69 Å². The van der Waals surface area contributed by atoms with Crippen LogP contribution in [0.25, 0.3) is 28.2 Å². The second-order valence-electron chi connectivity index (χ2n) is 7.85. The lowest BCUT2D eigenvalue weighted by Gasteiger charge is -2.18. The Balaban J connectivity index is 1.72. The van der Waals surface area contributed by atoms with Crippen molar-refractivity contribution in [2.75, 3.05) is 20.0 Å². The Morgan fingerprint density at radius 3 is 2.43 bits per heavy atom. The highest BCUT2D eigenvalue weighted by Crippen LogP contribution is 2.44. The first-order chi connectivity index (χ1) is 17.9. The number of carboxylic acid groups (broad SMARTS) is 2. The number of para-hydroxylation sites is 1. The number of benzene rings is 3. The molecule has 0 saturated heterocycles. The van der Waals surface area contributed by atoms with Gasteiger partial charge in [0, 0.05) is 21.8 Å². The van der Waals surface area contributed by atoms with Crippen LogP contribution in [0.5, 0.6) is 23.0 Å². The zero-order valence-electron chi connectivity index (χ0n) is 19.1. The highest BCUT2D eigenvalue weighted by Gasteiger charge is 2.24. The minimum Gasteiger partial charge on any atom is -0.479 e. The molecule has 0 spiro atoms. The fourth-order valence-corrected chi connectivity index (χ4v) is 4.02. The van der Waals surface area contributed by atoms with Gasteiger partial charge in [-0.25, -0.2) is 14.6 Å². The number of aliphatic carboxylic acids is 2. The topological polar surface area (TPSA) is 129 Å². The van der Waals surface area contributed by atoms with Crippen LogP contribution in [0.15, 0.2) is 67.0 Å². The second kappa shape index (κ2) is 10.1. The average molecular weight is 523 g/mol. The molecule has 2 heterocycles. The Labute approximate surface area is 215 Å². The van der Waals surface area contributed by atoms with Crippen molar-refractivity contribution in [3.8, 4) is 51.2 Å². The Morgan fingerprint density at radius 1 is 0.946 bits per heavy atom. The summed E-state index contributed by atoms with van der Waals surface area (Å²) in [6.07, 6.45) is 1.62. The standard InChI is InChI=1S/C26H19ClN2O8/c27-16-5-7-17(8-6-16)29-13-28-24(15-4-9-19-21(10-15)37-14-36-19)25(29)18-2-1-3-20(34-11-22(30)31)26(18)35-12-23(32)33/h1-10,13H,11-12,14H2,(H,30,31)(H,32,33). The van der Waals surface area contributed by atoms with E-state index in [-0.39, 0.29) is 18.3 Å². The number of rotatable bonds is 9. The molecule has 0 bridgehead atoms. The van der Waals surface area contributed by atoms with Crippen LogP contribution in [0.4, 0.5) is 0 Å². The molecule has 11 heteroatoms. The Kier molecular flexibility index (Phi) is 6.57. The number of aromatic nitrogens is 2. The summed E-state index contributed by atoms with van der Waals surface area (Å²) in [5.41, 5.74) is 2.93. The van der Waals surface area contributed by atoms with Crippen LogP contribution in [0, 0.1) is 0 Å². The summed E-state index contributed by atoms with van der Waals surface area (Å²) in [6, 6.07) is 17.3. The third kappa shape index (κ3) is 5.00. The monoisotopic (exact) mass is 522 g/mol. The summed E-state index contributed by atoms with van der Waals surface area (Å²) in [5, 5.41) is 18.9. The molecule has 0 saturated carbocycles. The van der Waals surface area contributed by atoms with Crippen LogP contribution in [-0.4, -0.2) is 51.7 Å². The summed E-state index contributed by atoms with van der Waals surface area (Å²) < 4.78 is 23.8. The Hall–Kier alpha value is -4.70. The van der Waals surface area contributed by atoms with E-state index in [4.69, 9.17) is 35.7 Å². The van der Waals surface area contributed by atoms with Crippen LogP contribution in [-0.2, 0) is 9.59 Å². The first-order valence-corrected chi connectivity index (χ1v) is 11.3. The summed E-state index contributed by atoms with van der Waals surface area (Å²) in [4.78, 5) is 27.2. The first kappa shape index (κ1) is 24.0. The summed E-state index contributed by atoms with van der Waals surface area (Å²) >= 11 is 6.10. The fraction of sp³-hybridized carbons (Fsp3) is 0.115. The van der Waals surface area contributed by atoms with Crippen molar-refractivity contribution >= 4 is 23.5 Å². The van der Waals surface area contributed by atoms with E-state index in [1.807, 2.05) is 6.07 Å². The Bertz CT molecular complexity index is 1480. The number of nitrogens with zero attached hydrogens (tertiary/aromatic N) is 2. The zero-order chi connectivity index (χ0) is 25.9. The molecule has 0 radical (unpaired) electrons. The van der Waals surface area contributed by atoms with Gasteiger partial charge in [-0.3, -0.25) is 4.57 Å². The minimum absolute atomic E-state index is 0.0591. The maximum absolute atomic E-state index is 11.3. The van der Waals surface area contributed by atoms with Gasteiger partial charge in [-0.15, -0.1) is 0 Å². The average Bonchev–Trinajstić information content (AvgIpc) is 3.53. The molecule has 4 aromatic rings. The van der Waals surface area contributed by atoms with Crippen LogP contribution in [0.3, 0.4) is 0 Å². The third-order valence-corrected chi connectivity index (χ3v) is 5.70. The molecule has 37 heavy (non-hydrogen) atoms. The lowest BCUT2D eigenvalue weighted by atomic mass is 10.0. The number of carbonyl (C=O) groups is 2. The predicted molar refractivity (Wildman–Crippen MR) is 132 cm³/mol. The van der Waals surface area contributed by atoms with Crippen LogP contribution in [0.1, 0.15) is 0 Å². The Morgan fingerprint density at radius 2 is 1.68 bits per heavy atom. The van der Waals surface area contributed by atoms with E-state index in [1.54, 1.807) is 59.4 Å². The summed E-state index contributed by atoms with van der Waals surface area (Å²) in [5.74, 6) is -1.10. The summed E-state index contributed by atoms with van der Waals surface area (Å²) in [6.45, 7) is -1.20. The van der Waals surface area contributed by atoms with Gasteiger partial charge in [0.25, 0.3) is 0 Å². The zero-order valence-corrected chi connectivity index (χ0v) is 19.8. The molecule has 188 valence electrons. The third-order valence-electron chi connectivity index (χ3n) is 5.44. The van der Waals surface area contributed by atoms with Crippen molar-refractivity contribution in [3.63, 3.8) is 0 Å². The lowest BCUT2D eigenvalue weighted by Crippen LogP contribution is -2.14. The van der Waals surface area contributed by atoms with Crippen LogP contribution >= 0.6 is 11.6 Å². The SMILES string of the molecule is O=C(O)COc1cccc(-c2c(-c3ccc4c(c3)OCO4)ncn2-c2ccc(Cl)cc2)c1OCC(=O)O. The van der Waals surface area contributed by atoms with E-state index < -0.39 is 25.2 Å². The molecule has 0 unspecified atom stereocenters. The maximum Gasteiger partial charge on any atom is 0.341 e. The molecular formula is C26H19ClN2O8. The van der Waals surface area contributed by atoms with Crippen molar-refractivity contribution < 1.29 is 38.7 Å². The maximum atomic E-state index is 11.3. The van der Waals surface area contributed by atoms with Crippen molar-refractivity contribution in [3.05, 3.63) is 72.0 Å². The van der Waals surface area contributed by atoms with Gasteiger partial charge < -0.3 is 29.2 Å². The highest BCUT2D eigenvalue weighted by molar-refractivity contribution is 6.30. The predicted octanol–water partition coefficient (Wildman–Crippen LogP) is 4.52. The van der Waals surface area contributed by atoms with Gasteiger partial charge in [0.15, 0.2) is 36.2 Å². The molecule has 10 nitrogen and oxygen atoms in total. The number of hydrogen-bond acceptors (Lipinski definition) is 7. The molecule has 3 aromatic carbocycles. The number of ether oxygens (including phenoxy) is 4. The van der Waals surface area contributed by atoms with Gasteiger partial charge in [0.05, 0.1) is 11.4 Å². The number of hydrogen-bond donors (Lipinski definition) is 2. The number of carboxylic acids is 2. The largest absolute Gasteiger partial charge is 0.479 e. The number of fused-ring (bicyclic) bond motifs is 1. The molecule has 1 aliphatic rings. The van der Waals surface area contributed by atoms with Crippen molar-refractivity contribution in [1.29, 1.82) is 0 Å². The highest BCUT2D eigenvalue weighted by atomic mass is 35.5. The van der Waals surface area contributed by atoms with Crippen molar-refractivity contribution in [2.24, 2.45) is 0 Å². The van der Waals surface area contributed by atoms with Crippen molar-refractivity contribution in [2.45, 2.75) is 0 Å². The first-order valence-electron chi connectivity index (χ1n) is 11.0. The van der Waals surface area contributed by atoms with E-state index in [1.165, 1.54) is 6.07 Å².